The van der Waals surface area contributed by atoms with Crippen molar-refractivity contribution in [1.29, 1.82) is 0 Å². The summed E-state index contributed by atoms with van der Waals surface area (Å²) in [6.07, 6.45) is 0. The van der Waals surface area contributed by atoms with Gasteiger partial charge in [0, 0.05) is 10.2 Å². The number of carbonyl (C=O) groups is 1. The summed E-state index contributed by atoms with van der Waals surface area (Å²) in [5.41, 5.74) is 5.20. The highest BCUT2D eigenvalue weighted by Crippen LogP contribution is 2.18. The average Bonchev–Trinajstić information content (AvgIpc) is 2.65. The normalized spacial score (nSPS) is 11.4. The number of amides is 1. The summed E-state index contributed by atoms with van der Waals surface area (Å²) in [7, 11) is 0. The predicted octanol–water partition coefficient (Wildman–Crippen LogP) is 4.55. The van der Waals surface area contributed by atoms with Crippen molar-refractivity contribution < 1.29 is 4.79 Å². The molecule has 0 unspecified atom stereocenters. The SMILES string of the molecule is C/C(=N\NC(=O)CNc1ccc2ccccc2c1)c1ccc(Br)cc1. The lowest BCUT2D eigenvalue weighted by atomic mass is 10.1. The Morgan fingerprint density at radius 3 is 2.48 bits per heavy atom. The number of nitrogens with zero attached hydrogens (tertiary/aromatic N) is 1. The van der Waals surface area contributed by atoms with Crippen LogP contribution in [0.3, 0.4) is 0 Å². The van der Waals surface area contributed by atoms with E-state index in [0.29, 0.717) is 0 Å². The molecular formula is C20H18BrN3O. The van der Waals surface area contributed by atoms with Crippen molar-refractivity contribution in [3.8, 4) is 0 Å². The molecule has 0 saturated heterocycles. The summed E-state index contributed by atoms with van der Waals surface area (Å²) in [5.74, 6) is -0.190. The number of rotatable bonds is 5. The number of halogens is 1. The lowest BCUT2D eigenvalue weighted by Gasteiger charge is -2.07. The Balaban J connectivity index is 1.56. The van der Waals surface area contributed by atoms with E-state index in [-0.39, 0.29) is 12.5 Å². The van der Waals surface area contributed by atoms with Crippen LogP contribution in [0.4, 0.5) is 5.69 Å². The van der Waals surface area contributed by atoms with E-state index in [0.717, 1.165) is 26.8 Å². The molecule has 1 amide bonds. The molecule has 3 aromatic carbocycles. The predicted molar refractivity (Wildman–Crippen MR) is 107 cm³/mol. The Labute approximate surface area is 155 Å². The Morgan fingerprint density at radius 2 is 1.72 bits per heavy atom. The molecule has 0 heterocycles. The van der Waals surface area contributed by atoms with E-state index in [1.807, 2.05) is 67.6 Å². The number of hydrogen-bond acceptors (Lipinski definition) is 3. The third-order valence-electron chi connectivity index (χ3n) is 3.81. The minimum Gasteiger partial charge on any atom is -0.376 e. The lowest BCUT2D eigenvalue weighted by molar-refractivity contribution is -0.119. The molecule has 0 aliphatic carbocycles. The summed E-state index contributed by atoms with van der Waals surface area (Å²) >= 11 is 3.40. The van der Waals surface area contributed by atoms with Crippen molar-refractivity contribution in [2.24, 2.45) is 5.10 Å². The van der Waals surface area contributed by atoms with Gasteiger partial charge in [-0.2, -0.15) is 5.10 Å². The maximum Gasteiger partial charge on any atom is 0.259 e. The zero-order chi connectivity index (χ0) is 17.6. The number of fused-ring (bicyclic) bond motifs is 1. The first kappa shape index (κ1) is 17.2. The van der Waals surface area contributed by atoms with Crippen LogP contribution in [-0.4, -0.2) is 18.2 Å². The molecule has 0 aliphatic rings. The van der Waals surface area contributed by atoms with Crippen molar-refractivity contribution in [3.63, 3.8) is 0 Å². The van der Waals surface area contributed by atoms with Crippen LogP contribution in [0.25, 0.3) is 10.8 Å². The van der Waals surface area contributed by atoms with Gasteiger partial charge >= 0.3 is 0 Å². The van der Waals surface area contributed by atoms with Crippen molar-refractivity contribution in [1.82, 2.24) is 5.43 Å². The quantitative estimate of drug-likeness (QED) is 0.491. The van der Waals surface area contributed by atoms with Gasteiger partial charge in [-0.15, -0.1) is 0 Å². The highest BCUT2D eigenvalue weighted by atomic mass is 79.9. The third-order valence-corrected chi connectivity index (χ3v) is 4.34. The van der Waals surface area contributed by atoms with Gasteiger partial charge in [-0.25, -0.2) is 5.43 Å². The van der Waals surface area contributed by atoms with E-state index in [2.05, 4.69) is 37.8 Å². The fraction of sp³-hybridized carbons (Fsp3) is 0.100. The van der Waals surface area contributed by atoms with Crippen molar-refractivity contribution in [2.45, 2.75) is 6.92 Å². The number of hydrogen-bond donors (Lipinski definition) is 2. The smallest absolute Gasteiger partial charge is 0.259 e. The van der Waals surface area contributed by atoms with Gasteiger partial charge in [0.25, 0.3) is 5.91 Å². The van der Waals surface area contributed by atoms with Gasteiger partial charge < -0.3 is 5.32 Å². The number of anilines is 1. The molecule has 126 valence electrons. The summed E-state index contributed by atoms with van der Waals surface area (Å²) in [6, 6.07) is 21.9. The number of nitrogens with one attached hydrogen (secondary N) is 2. The molecule has 0 spiro atoms. The maximum atomic E-state index is 12.0. The zero-order valence-corrected chi connectivity index (χ0v) is 15.4. The van der Waals surface area contributed by atoms with Crippen LogP contribution in [0, 0.1) is 0 Å². The third kappa shape index (κ3) is 4.67. The highest BCUT2D eigenvalue weighted by Gasteiger charge is 2.02. The Hall–Kier alpha value is -2.66. The monoisotopic (exact) mass is 395 g/mol. The van der Waals surface area contributed by atoms with Gasteiger partial charge in [-0.1, -0.05) is 58.4 Å². The molecule has 25 heavy (non-hydrogen) atoms. The van der Waals surface area contributed by atoms with Crippen LogP contribution in [0.15, 0.2) is 76.3 Å². The standard InChI is InChI=1S/C20H18BrN3O/c1-14(15-6-9-18(21)10-7-15)23-24-20(25)13-22-19-11-8-16-4-2-3-5-17(16)12-19/h2-12,22H,13H2,1H3,(H,24,25)/b23-14+. The first-order chi connectivity index (χ1) is 12.1. The Kier molecular flexibility index (Phi) is 5.46. The maximum absolute atomic E-state index is 12.0. The first-order valence-electron chi connectivity index (χ1n) is 7.93. The minimum absolute atomic E-state index is 0.162. The van der Waals surface area contributed by atoms with Gasteiger partial charge in [0.2, 0.25) is 0 Å². The second kappa shape index (κ2) is 7.94. The second-order valence-corrected chi connectivity index (χ2v) is 6.57. The molecule has 3 rings (SSSR count). The van der Waals surface area contributed by atoms with E-state index in [9.17, 15) is 4.79 Å². The number of benzene rings is 3. The van der Waals surface area contributed by atoms with Crippen molar-refractivity contribution >= 4 is 44.0 Å². The Morgan fingerprint density at radius 1 is 1.00 bits per heavy atom. The number of hydrazone groups is 1. The van der Waals surface area contributed by atoms with Crippen LogP contribution in [0.2, 0.25) is 0 Å². The van der Waals surface area contributed by atoms with E-state index < -0.39 is 0 Å². The zero-order valence-electron chi connectivity index (χ0n) is 13.8. The van der Waals surface area contributed by atoms with E-state index in [4.69, 9.17) is 0 Å². The fourth-order valence-electron chi connectivity index (χ4n) is 2.42. The van der Waals surface area contributed by atoms with Crippen LogP contribution >= 0.6 is 15.9 Å². The van der Waals surface area contributed by atoms with Gasteiger partial charge in [-0.3, -0.25) is 4.79 Å². The van der Waals surface area contributed by atoms with Gasteiger partial charge in [0.05, 0.1) is 12.3 Å². The molecule has 0 atom stereocenters. The van der Waals surface area contributed by atoms with Crippen molar-refractivity contribution in [2.75, 3.05) is 11.9 Å². The van der Waals surface area contributed by atoms with Crippen LogP contribution in [0.5, 0.6) is 0 Å². The lowest BCUT2D eigenvalue weighted by Crippen LogP contribution is -2.26. The molecule has 5 heteroatoms. The molecule has 0 aliphatic heterocycles. The second-order valence-electron chi connectivity index (χ2n) is 5.65. The van der Waals surface area contributed by atoms with Crippen molar-refractivity contribution in [3.05, 3.63) is 76.8 Å². The average molecular weight is 396 g/mol. The summed E-state index contributed by atoms with van der Waals surface area (Å²) in [6.45, 7) is 2.02. The number of carbonyl (C=O) groups excluding carboxylic acids is 1. The molecule has 2 N–H and O–H groups in total. The van der Waals surface area contributed by atoms with Gasteiger partial charge in [-0.05, 0) is 47.5 Å². The molecule has 0 radical (unpaired) electrons. The van der Waals surface area contributed by atoms with Crippen LogP contribution < -0.4 is 10.7 Å². The molecule has 0 saturated carbocycles. The van der Waals surface area contributed by atoms with Gasteiger partial charge in [0.15, 0.2) is 0 Å². The molecule has 0 aromatic heterocycles. The topological polar surface area (TPSA) is 53.5 Å². The van der Waals surface area contributed by atoms with E-state index in [1.165, 1.54) is 5.39 Å². The minimum atomic E-state index is -0.190. The van der Waals surface area contributed by atoms with E-state index >= 15 is 0 Å². The Bertz CT molecular complexity index is 920. The summed E-state index contributed by atoms with van der Waals surface area (Å²) in [4.78, 5) is 12.0. The van der Waals surface area contributed by atoms with E-state index in [1.54, 1.807) is 0 Å². The molecule has 0 fully saturated rings. The van der Waals surface area contributed by atoms with Gasteiger partial charge in [0.1, 0.15) is 0 Å². The molecule has 0 bridgehead atoms. The van der Waals surface area contributed by atoms with Crippen LogP contribution in [-0.2, 0) is 4.79 Å². The molecular weight excluding hydrogens is 378 g/mol. The summed E-state index contributed by atoms with van der Waals surface area (Å²) < 4.78 is 1.01. The highest BCUT2D eigenvalue weighted by molar-refractivity contribution is 9.10. The summed E-state index contributed by atoms with van der Waals surface area (Å²) in [5, 5.41) is 9.58. The molecule has 3 aromatic rings. The fourth-order valence-corrected chi connectivity index (χ4v) is 2.69. The van der Waals surface area contributed by atoms with Crippen LogP contribution in [0.1, 0.15) is 12.5 Å². The largest absolute Gasteiger partial charge is 0.376 e. The first-order valence-corrected chi connectivity index (χ1v) is 8.73. The molecule has 4 nitrogen and oxygen atoms in total.